The highest BCUT2D eigenvalue weighted by molar-refractivity contribution is 5.95. The number of hydrogen-bond donors (Lipinski definition) is 2. The summed E-state index contributed by atoms with van der Waals surface area (Å²) in [4.78, 5) is 42.4. The number of nitrogens with zero attached hydrogens (tertiary/aromatic N) is 2. The van der Waals surface area contributed by atoms with Crippen molar-refractivity contribution in [3.8, 4) is 0 Å². The lowest BCUT2D eigenvalue weighted by molar-refractivity contribution is -0.118. The first kappa shape index (κ1) is 21.9. The van der Waals surface area contributed by atoms with Crippen LogP contribution in [0.2, 0.25) is 0 Å². The summed E-state index contributed by atoms with van der Waals surface area (Å²) in [5.41, 5.74) is 6.63. The minimum atomic E-state index is -0.705. The van der Waals surface area contributed by atoms with Crippen LogP contribution >= 0.6 is 0 Å². The van der Waals surface area contributed by atoms with Gasteiger partial charge in [0.25, 0.3) is 5.56 Å². The second-order valence-corrected chi connectivity index (χ2v) is 7.61. The van der Waals surface area contributed by atoms with Crippen LogP contribution in [0.5, 0.6) is 0 Å². The highest BCUT2D eigenvalue weighted by Gasteiger charge is 2.24. The van der Waals surface area contributed by atoms with Gasteiger partial charge in [0.05, 0.1) is 19.4 Å². The van der Waals surface area contributed by atoms with Crippen molar-refractivity contribution in [3.05, 3.63) is 117 Å². The molecule has 2 heterocycles. The monoisotopic (exact) mass is 444 g/mol. The molecular formula is C25H24N4O4. The average molecular weight is 444 g/mol. The van der Waals surface area contributed by atoms with Crippen molar-refractivity contribution in [2.24, 2.45) is 0 Å². The number of anilines is 2. The van der Waals surface area contributed by atoms with Crippen molar-refractivity contribution in [2.75, 3.05) is 10.6 Å². The molecule has 0 aliphatic carbocycles. The van der Waals surface area contributed by atoms with Gasteiger partial charge in [-0.1, -0.05) is 60.7 Å². The molecule has 0 spiro atoms. The van der Waals surface area contributed by atoms with Crippen LogP contribution < -0.4 is 21.9 Å². The third kappa shape index (κ3) is 5.12. The lowest BCUT2D eigenvalue weighted by Crippen LogP contribution is -2.41. The second kappa shape index (κ2) is 9.86. The molecule has 2 aromatic carbocycles. The Kier molecular flexibility index (Phi) is 6.54. The van der Waals surface area contributed by atoms with Gasteiger partial charge in [0.1, 0.15) is 11.6 Å². The smallest absolute Gasteiger partial charge is 0.330 e. The van der Waals surface area contributed by atoms with Gasteiger partial charge in [-0.15, -0.1) is 0 Å². The molecular weight excluding hydrogens is 420 g/mol. The number of furan rings is 1. The number of H-pyrrole nitrogens is 1. The third-order valence-corrected chi connectivity index (χ3v) is 5.32. The normalized spacial score (nSPS) is 10.8. The number of nitrogens with one attached hydrogen (secondary N) is 1. The first-order valence-electron chi connectivity index (χ1n) is 10.6. The van der Waals surface area contributed by atoms with E-state index in [2.05, 4.69) is 4.98 Å². The Bertz CT molecular complexity index is 1330. The maximum Gasteiger partial charge on any atom is 0.330 e. The van der Waals surface area contributed by atoms with Crippen molar-refractivity contribution in [1.29, 1.82) is 0 Å². The van der Waals surface area contributed by atoms with E-state index in [0.29, 0.717) is 12.2 Å². The Hall–Kier alpha value is -4.33. The van der Waals surface area contributed by atoms with Gasteiger partial charge in [-0.05, 0) is 23.3 Å². The zero-order valence-electron chi connectivity index (χ0n) is 17.9. The lowest BCUT2D eigenvalue weighted by atomic mass is 10.1. The minimum absolute atomic E-state index is 0.0428. The first-order valence-corrected chi connectivity index (χ1v) is 10.6. The number of nitrogens with two attached hydrogens (primary N) is 1. The summed E-state index contributed by atoms with van der Waals surface area (Å²) < 4.78 is 6.60. The molecule has 33 heavy (non-hydrogen) atoms. The summed E-state index contributed by atoms with van der Waals surface area (Å²) in [6.07, 6.45) is 2.03. The van der Waals surface area contributed by atoms with E-state index in [4.69, 9.17) is 10.2 Å². The molecule has 3 N–H and O–H groups in total. The molecule has 0 saturated heterocycles. The van der Waals surface area contributed by atoms with Crippen LogP contribution in [-0.2, 0) is 24.3 Å². The van der Waals surface area contributed by atoms with Crippen LogP contribution in [0.15, 0.2) is 93.1 Å². The standard InChI is InChI=1S/C25H24N4O4/c26-23-22(24(31)27-25(32)29(23)17-19-10-5-2-6-11-19)28(16-18-8-3-1-4-9-18)21(30)14-13-20-12-7-15-33-20/h1-12,15H,13-14,16-17,26H2,(H,27,31,32). The lowest BCUT2D eigenvalue weighted by Gasteiger charge is -2.25. The summed E-state index contributed by atoms with van der Waals surface area (Å²) >= 11 is 0. The van der Waals surface area contributed by atoms with Gasteiger partial charge in [0.15, 0.2) is 5.69 Å². The van der Waals surface area contributed by atoms with E-state index in [1.807, 2.05) is 60.7 Å². The fourth-order valence-electron chi connectivity index (χ4n) is 3.64. The van der Waals surface area contributed by atoms with Crippen molar-refractivity contribution >= 4 is 17.4 Å². The second-order valence-electron chi connectivity index (χ2n) is 7.61. The molecule has 0 unspecified atom stereocenters. The number of amides is 1. The number of aromatic nitrogens is 2. The molecule has 0 bridgehead atoms. The van der Waals surface area contributed by atoms with Gasteiger partial charge in [0, 0.05) is 12.8 Å². The Balaban J connectivity index is 1.73. The SMILES string of the molecule is Nc1c(N(Cc2ccccc2)C(=O)CCc2ccco2)c(=O)[nH]c(=O)n1Cc1ccccc1. The number of benzene rings is 2. The zero-order chi connectivity index (χ0) is 23.2. The average Bonchev–Trinajstić information content (AvgIpc) is 3.34. The fraction of sp³-hybridized carbons (Fsp3) is 0.160. The predicted octanol–water partition coefficient (Wildman–Crippen LogP) is 2.93. The summed E-state index contributed by atoms with van der Waals surface area (Å²) in [5, 5.41) is 0. The van der Waals surface area contributed by atoms with Crippen LogP contribution in [0.1, 0.15) is 23.3 Å². The third-order valence-electron chi connectivity index (χ3n) is 5.32. The molecule has 1 amide bonds. The number of rotatable bonds is 8. The van der Waals surface area contributed by atoms with E-state index in [0.717, 1.165) is 11.1 Å². The molecule has 0 aliphatic rings. The largest absolute Gasteiger partial charge is 0.469 e. The summed E-state index contributed by atoms with van der Waals surface area (Å²) in [7, 11) is 0. The van der Waals surface area contributed by atoms with Gasteiger partial charge in [0.2, 0.25) is 5.91 Å². The van der Waals surface area contributed by atoms with E-state index in [1.54, 1.807) is 18.4 Å². The number of hydrogen-bond acceptors (Lipinski definition) is 5. The summed E-state index contributed by atoms with van der Waals surface area (Å²) in [6, 6.07) is 22.1. The number of aryl methyl sites for hydroxylation is 1. The van der Waals surface area contributed by atoms with E-state index < -0.39 is 11.2 Å². The van der Waals surface area contributed by atoms with Gasteiger partial charge in [-0.2, -0.15) is 0 Å². The maximum absolute atomic E-state index is 13.3. The van der Waals surface area contributed by atoms with Crippen molar-refractivity contribution in [3.63, 3.8) is 0 Å². The van der Waals surface area contributed by atoms with E-state index in [1.165, 1.54) is 9.47 Å². The number of aromatic amines is 1. The summed E-state index contributed by atoms with van der Waals surface area (Å²) in [5.74, 6) is 0.297. The van der Waals surface area contributed by atoms with E-state index in [-0.39, 0.29) is 36.9 Å². The molecule has 168 valence electrons. The topological polar surface area (TPSA) is 114 Å². The van der Waals surface area contributed by atoms with Gasteiger partial charge < -0.3 is 15.1 Å². The van der Waals surface area contributed by atoms with Crippen LogP contribution in [0, 0.1) is 0 Å². The summed E-state index contributed by atoms with van der Waals surface area (Å²) in [6.45, 7) is 0.295. The molecule has 0 fully saturated rings. The first-order chi connectivity index (χ1) is 16.0. The highest BCUT2D eigenvalue weighted by atomic mass is 16.3. The number of nitrogen functional groups attached to an aromatic ring is 1. The van der Waals surface area contributed by atoms with Gasteiger partial charge >= 0.3 is 5.69 Å². The number of carbonyl (C=O) groups is 1. The van der Waals surface area contributed by atoms with Gasteiger partial charge in [-0.3, -0.25) is 19.1 Å². The molecule has 0 atom stereocenters. The Labute approximate surface area is 189 Å². The van der Waals surface area contributed by atoms with Crippen molar-refractivity contribution in [1.82, 2.24) is 9.55 Å². The maximum atomic E-state index is 13.3. The Morgan fingerprint density at radius 3 is 2.24 bits per heavy atom. The Morgan fingerprint density at radius 1 is 0.939 bits per heavy atom. The molecule has 8 heteroatoms. The number of carbonyl (C=O) groups excluding carboxylic acids is 1. The molecule has 8 nitrogen and oxygen atoms in total. The minimum Gasteiger partial charge on any atom is -0.469 e. The Morgan fingerprint density at radius 2 is 1.61 bits per heavy atom. The van der Waals surface area contributed by atoms with E-state index in [9.17, 15) is 14.4 Å². The van der Waals surface area contributed by atoms with Crippen molar-refractivity contribution < 1.29 is 9.21 Å². The zero-order valence-corrected chi connectivity index (χ0v) is 17.9. The molecule has 0 saturated carbocycles. The van der Waals surface area contributed by atoms with Crippen LogP contribution in [-0.4, -0.2) is 15.5 Å². The molecule has 2 aromatic heterocycles. The highest BCUT2D eigenvalue weighted by Crippen LogP contribution is 2.22. The van der Waals surface area contributed by atoms with Gasteiger partial charge in [-0.25, -0.2) is 4.79 Å². The molecule has 0 aliphatic heterocycles. The van der Waals surface area contributed by atoms with Crippen molar-refractivity contribution in [2.45, 2.75) is 25.9 Å². The van der Waals surface area contributed by atoms with Crippen LogP contribution in [0.25, 0.3) is 0 Å². The van der Waals surface area contributed by atoms with Crippen LogP contribution in [0.4, 0.5) is 11.5 Å². The van der Waals surface area contributed by atoms with E-state index >= 15 is 0 Å². The predicted molar refractivity (Wildman–Crippen MR) is 126 cm³/mol. The van der Waals surface area contributed by atoms with Crippen LogP contribution in [0.3, 0.4) is 0 Å². The fourth-order valence-corrected chi connectivity index (χ4v) is 3.64. The molecule has 0 radical (unpaired) electrons. The molecule has 4 rings (SSSR count). The molecule has 4 aromatic rings. The quantitative estimate of drug-likeness (QED) is 0.434.